The highest BCUT2D eigenvalue weighted by molar-refractivity contribution is 5.69. The van der Waals surface area contributed by atoms with E-state index in [4.69, 9.17) is 28.4 Å². The topological polar surface area (TPSA) is 214 Å². The zero-order valence-corrected chi connectivity index (χ0v) is 43.8. The van der Waals surface area contributed by atoms with Crippen molar-refractivity contribution < 1.29 is 69.0 Å². The number of carbonyl (C=O) groups is 1. The number of carbonyl (C=O) groups excluding carboxylic acids is 1. The van der Waals surface area contributed by atoms with E-state index in [-0.39, 0.29) is 25.6 Å². The summed E-state index contributed by atoms with van der Waals surface area (Å²) in [6.07, 6.45) is 33.5. The molecule has 11 unspecified atom stereocenters. The minimum Gasteiger partial charge on any atom is -0.457 e. The fourth-order valence-corrected chi connectivity index (χ4v) is 8.82. The van der Waals surface area contributed by atoms with Crippen molar-refractivity contribution in [3.63, 3.8) is 0 Å². The Balaban J connectivity index is 1.68. The van der Waals surface area contributed by atoms with Gasteiger partial charge in [-0.25, -0.2) is 0 Å². The second kappa shape index (κ2) is 43.6. The molecule has 2 aliphatic heterocycles. The summed E-state index contributed by atoms with van der Waals surface area (Å²) in [6.45, 7) is 3.69. The Morgan fingerprint density at radius 2 is 0.886 bits per heavy atom. The normalized spacial score (nSPS) is 25.7. The van der Waals surface area contributed by atoms with Crippen LogP contribution in [-0.2, 0) is 33.2 Å². The van der Waals surface area contributed by atoms with Crippen LogP contribution in [0, 0.1) is 0 Å². The van der Waals surface area contributed by atoms with Gasteiger partial charge in [0.15, 0.2) is 12.6 Å². The average molecular weight is 999 g/mol. The fourth-order valence-electron chi connectivity index (χ4n) is 8.82. The van der Waals surface area contributed by atoms with Gasteiger partial charge in [0.25, 0.3) is 0 Å². The highest BCUT2D eigenvalue weighted by Crippen LogP contribution is 2.26. The number of aliphatic hydroxyl groups excluding tert-OH is 7. The third-order valence-corrected chi connectivity index (χ3v) is 13.4. The number of hydrogen-bond donors (Lipinski definition) is 7. The molecule has 14 nitrogen and oxygen atoms in total. The third kappa shape index (κ3) is 30.4. The summed E-state index contributed by atoms with van der Waals surface area (Å²) in [5, 5.41) is 72.2. The van der Waals surface area contributed by atoms with Crippen LogP contribution in [0.4, 0.5) is 0 Å². The molecule has 70 heavy (non-hydrogen) atoms. The van der Waals surface area contributed by atoms with Crippen molar-refractivity contribution >= 4 is 5.97 Å². The van der Waals surface area contributed by atoms with Crippen LogP contribution in [0.25, 0.3) is 0 Å². The molecular formula is C56H102O14. The minimum absolute atomic E-state index is 0.0626. The van der Waals surface area contributed by atoms with E-state index < -0.39 is 80.7 Å². The molecule has 11 atom stereocenters. The fraction of sp³-hybridized carbons (Fsp3) is 0.875. The van der Waals surface area contributed by atoms with Crippen molar-refractivity contribution in [1.82, 2.24) is 0 Å². The van der Waals surface area contributed by atoms with Gasteiger partial charge in [-0.05, 0) is 51.4 Å². The van der Waals surface area contributed by atoms with E-state index in [1.54, 1.807) is 0 Å². The van der Waals surface area contributed by atoms with Crippen LogP contribution in [0.1, 0.15) is 213 Å². The van der Waals surface area contributed by atoms with Crippen molar-refractivity contribution in [3.8, 4) is 0 Å². The molecule has 2 aliphatic rings. The maximum atomic E-state index is 13.0. The zero-order valence-electron chi connectivity index (χ0n) is 43.8. The van der Waals surface area contributed by atoms with Crippen molar-refractivity contribution in [1.29, 1.82) is 0 Å². The quantitative estimate of drug-likeness (QED) is 0.0172. The van der Waals surface area contributed by atoms with E-state index >= 15 is 0 Å². The van der Waals surface area contributed by atoms with Gasteiger partial charge in [0.05, 0.1) is 26.4 Å². The van der Waals surface area contributed by atoms with Crippen LogP contribution >= 0.6 is 0 Å². The van der Waals surface area contributed by atoms with Crippen LogP contribution in [0.3, 0.4) is 0 Å². The van der Waals surface area contributed by atoms with E-state index in [1.807, 2.05) is 0 Å². The molecule has 14 heteroatoms. The predicted molar refractivity (Wildman–Crippen MR) is 275 cm³/mol. The first kappa shape index (κ1) is 64.3. The molecule has 0 saturated carbocycles. The minimum atomic E-state index is -1.71. The Morgan fingerprint density at radius 3 is 1.39 bits per heavy atom. The number of ether oxygens (including phenoxy) is 6. The number of unbranched alkanes of at least 4 members (excludes halogenated alkanes) is 25. The van der Waals surface area contributed by atoms with Gasteiger partial charge in [0.2, 0.25) is 0 Å². The first-order valence-electron chi connectivity index (χ1n) is 28.1. The first-order chi connectivity index (χ1) is 34.1. The number of esters is 1. The first-order valence-corrected chi connectivity index (χ1v) is 28.1. The van der Waals surface area contributed by atoms with Gasteiger partial charge < -0.3 is 64.2 Å². The van der Waals surface area contributed by atoms with Crippen LogP contribution < -0.4 is 0 Å². The predicted octanol–water partition coefficient (Wildman–Crippen LogP) is 9.36. The number of hydrogen-bond acceptors (Lipinski definition) is 14. The summed E-state index contributed by atoms with van der Waals surface area (Å²) < 4.78 is 34.3. The van der Waals surface area contributed by atoms with E-state index in [0.29, 0.717) is 13.0 Å². The molecule has 2 rings (SSSR count). The van der Waals surface area contributed by atoms with Crippen molar-refractivity contribution in [2.24, 2.45) is 0 Å². The lowest BCUT2D eigenvalue weighted by molar-refractivity contribution is -0.332. The lowest BCUT2D eigenvalue weighted by Crippen LogP contribution is -2.61. The molecule has 0 radical (unpaired) electrons. The largest absolute Gasteiger partial charge is 0.457 e. The number of allylic oxidation sites excluding steroid dienone is 6. The average Bonchev–Trinajstić information content (AvgIpc) is 3.36. The molecule has 2 fully saturated rings. The molecule has 7 N–H and O–H groups in total. The molecule has 2 saturated heterocycles. The Kier molecular flexibility index (Phi) is 40.1. The second-order valence-corrected chi connectivity index (χ2v) is 19.8. The van der Waals surface area contributed by atoms with Crippen molar-refractivity contribution in [3.05, 3.63) is 36.5 Å². The summed E-state index contributed by atoms with van der Waals surface area (Å²) >= 11 is 0. The smallest absolute Gasteiger partial charge is 0.306 e. The van der Waals surface area contributed by atoms with E-state index in [1.165, 1.54) is 128 Å². The Hall–Kier alpha value is -1.79. The van der Waals surface area contributed by atoms with Crippen LogP contribution in [0.5, 0.6) is 0 Å². The number of rotatable bonds is 45. The molecule has 0 aromatic rings. The molecule has 0 amide bonds. The van der Waals surface area contributed by atoms with Crippen LogP contribution in [-0.4, -0.2) is 142 Å². The summed E-state index contributed by atoms with van der Waals surface area (Å²) in [5.74, 6) is -0.379. The molecule has 0 aliphatic carbocycles. The highest BCUT2D eigenvalue weighted by Gasteiger charge is 2.47. The maximum absolute atomic E-state index is 13.0. The highest BCUT2D eigenvalue weighted by atomic mass is 16.7. The van der Waals surface area contributed by atoms with Gasteiger partial charge in [0.1, 0.15) is 54.9 Å². The number of aliphatic hydroxyl groups is 7. The molecule has 410 valence electrons. The van der Waals surface area contributed by atoms with Gasteiger partial charge >= 0.3 is 5.97 Å². The van der Waals surface area contributed by atoms with Gasteiger partial charge in [-0.1, -0.05) is 192 Å². The lowest BCUT2D eigenvalue weighted by atomic mass is 9.98. The van der Waals surface area contributed by atoms with Crippen LogP contribution in [0.2, 0.25) is 0 Å². The van der Waals surface area contributed by atoms with Crippen molar-refractivity contribution in [2.75, 3.05) is 33.0 Å². The van der Waals surface area contributed by atoms with Gasteiger partial charge in [-0.2, -0.15) is 0 Å². The molecule has 0 spiro atoms. The Labute approximate surface area is 423 Å². The summed E-state index contributed by atoms with van der Waals surface area (Å²) in [6, 6.07) is 0. The zero-order chi connectivity index (χ0) is 50.9. The third-order valence-electron chi connectivity index (χ3n) is 13.4. The Morgan fingerprint density at radius 1 is 0.471 bits per heavy atom. The summed E-state index contributed by atoms with van der Waals surface area (Å²) in [5.41, 5.74) is 0. The second-order valence-electron chi connectivity index (χ2n) is 19.8. The van der Waals surface area contributed by atoms with E-state index in [9.17, 15) is 40.5 Å². The molecule has 0 aromatic carbocycles. The van der Waals surface area contributed by atoms with Crippen LogP contribution in [0.15, 0.2) is 36.5 Å². The summed E-state index contributed by atoms with van der Waals surface area (Å²) in [7, 11) is 0. The molecule has 2 heterocycles. The maximum Gasteiger partial charge on any atom is 0.306 e. The van der Waals surface area contributed by atoms with Gasteiger partial charge in [0, 0.05) is 13.0 Å². The summed E-state index contributed by atoms with van der Waals surface area (Å²) in [4.78, 5) is 13.0. The monoisotopic (exact) mass is 999 g/mol. The SMILES string of the molecule is CCCCCCC/C=C\C/C=C\C/C=C\CCCCCCCCCCCCC(=O)OC(COCCCCCCCCCCCCC)COC1OC(COC2OC(CO)C(O)C(O)C2O)C(O)C(O)C1O. The standard InChI is InChI=1S/C56H102O14/c1-3-5-7-9-11-13-15-16-17-18-19-20-21-22-23-24-25-26-27-28-29-31-33-35-37-39-48(58)68-45(42-65-40-38-36-34-32-30-14-12-10-8-6-4-2)43-66-55-54(64)52(62)50(60)47(70-55)44-67-56-53(63)51(61)49(59)46(41-57)69-56/h15-16,18-19,21-22,45-47,49-57,59-64H,3-14,17,20,23-44H2,1-2H3/b16-15-,19-18-,22-21-. The van der Waals surface area contributed by atoms with Gasteiger partial charge in [-0.15, -0.1) is 0 Å². The Bertz CT molecular complexity index is 1300. The lowest BCUT2D eigenvalue weighted by Gasteiger charge is -2.42. The van der Waals surface area contributed by atoms with Gasteiger partial charge in [-0.3, -0.25) is 4.79 Å². The van der Waals surface area contributed by atoms with Crippen molar-refractivity contribution in [2.45, 2.75) is 280 Å². The molecular weight excluding hydrogens is 897 g/mol. The molecule has 0 bridgehead atoms. The van der Waals surface area contributed by atoms with E-state index in [2.05, 4.69) is 50.3 Å². The molecule has 0 aromatic heterocycles. The van der Waals surface area contributed by atoms with E-state index in [0.717, 1.165) is 57.8 Å².